The lowest BCUT2D eigenvalue weighted by atomic mass is 10.1. The van der Waals surface area contributed by atoms with Gasteiger partial charge in [0.15, 0.2) is 4.80 Å². The molecule has 1 amide bonds. The van der Waals surface area contributed by atoms with Gasteiger partial charge >= 0.3 is 5.97 Å². The number of para-hydroxylation sites is 1. The summed E-state index contributed by atoms with van der Waals surface area (Å²) in [6, 6.07) is 11.0. The van der Waals surface area contributed by atoms with Crippen LogP contribution in [0.1, 0.15) is 20.7 Å². The van der Waals surface area contributed by atoms with Crippen molar-refractivity contribution in [3.8, 4) is 0 Å². The van der Waals surface area contributed by atoms with Crippen molar-refractivity contribution in [3.05, 3.63) is 68.5 Å². The number of non-ortho nitro benzene ring substituents is 1. The van der Waals surface area contributed by atoms with E-state index in [0.717, 1.165) is 29.5 Å². The minimum atomic E-state index is -0.768. The first-order valence-electron chi connectivity index (χ1n) is 7.42. The molecule has 1 heterocycles. The van der Waals surface area contributed by atoms with Crippen molar-refractivity contribution < 1.29 is 19.2 Å². The lowest BCUT2D eigenvalue weighted by Crippen LogP contribution is -2.14. The summed E-state index contributed by atoms with van der Waals surface area (Å²) in [6.45, 7) is 0. The summed E-state index contributed by atoms with van der Waals surface area (Å²) in [6.07, 6.45) is 0. The Kier molecular flexibility index (Phi) is 4.63. The normalized spacial score (nSPS) is 11.5. The first-order chi connectivity index (χ1) is 12.4. The average Bonchev–Trinajstić information content (AvgIpc) is 2.96. The maximum Gasteiger partial charge on any atom is 0.338 e. The van der Waals surface area contributed by atoms with Gasteiger partial charge in [0.2, 0.25) is 0 Å². The van der Waals surface area contributed by atoms with E-state index >= 15 is 0 Å². The number of methoxy groups -OCH3 is 1. The van der Waals surface area contributed by atoms with Gasteiger partial charge in [-0.3, -0.25) is 14.9 Å². The van der Waals surface area contributed by atoms with Crippen LogP contribution in [-0.4, -0.2) is 28.5 Å². The predicted octanol–water partition coefficient (Wildman–Crippen LogP) is 2.68. The van der Waals surface area contributed by atoms with Crippen molar-refractivity contribution in [1.82, 2.24) is 4.57 Å². The van der Waals surface area contributed by atoms with Crippen molar-refractivity contribution in [1.29, 1.82) is 0 Å². The number of nitro benzene ring substituents is 1. The predicted molar refractivity (Wildman–Crippen MR) is 95.1 cm³/mol. The number of aryl methyl sites for hydroxylation is 1. The summed E-state index contributed by atoms with van der Waals surface area (Å²) in [5, 5.41) is 11.1. The minimum Gasteiger partial charge on any atom is -0.465 e. The molecule has 26 heavy (non-hydrogen) atoms. The third-order valence-electron chi connectivity index (χ3n) is 3.71. The highest BCUT2D eigenvalue weighted by Crippen LogP contribution is 2.19. The van der Waals surface area contributed by atoms with Crippen LogP contribution in [0.2, 0.25) is 0 Å². The molecule has 3 aromatic rings. The Morgan fingerprint density at radius 3 is 2.54 bits per heavy atom. The number of aromatic nitrogens is 1. The summed E-state index contributed by atoms with van der Waals surface area (Å²) < 4.78 is 7.29. The summed E-state index contributed by atoms with van der Waals surface area (Å²) in [5.74, 6) is -1.45. The van der Waals surface area contributed by atoms with Gasteiger partial charge < -0.3 is 9.30 Å². The lowest BCUT2D eigenvalue weighted by Gasteiger charge is -2.02. The summed E-state index contributed by atoms with van der Waals surface area (Å²) in [5.41, 5.74) is 0.392. The highest BCUT2D eigenvalue weighted by molar-refractivity contribution is 7.16. The second-order valence-corrected chi connectivity index (χ2v) is 6.35. The van der Waals surface area contributed by atoms with E-state index in [-0.39, 0.29) is 16.8 Å². The number of hydrogen-bond donors (Lipinski definition) is 0. The summed E-state index contributed by atoms with van der Waals surface area (Å²) in [4.78, 5) is 39.1. The fourth-order valence-electron chi connectivity index (χ4n) is 2.42. The number of nitrogens with zero attached hydrogens (tertiary/aromatic N) is 3. The highest BCUT2D eigenvalue weighted by atomic mass is 32.1. The molecule has 1 aromatic heterocycles. The Morgan fingerprint density at radius 2 is 1.88 bits per heavy atom. The smallest absolute Gasteiger partial charge is 0.338 e. The number of esters is 1. The van der Waals surface area contributed by atoms with Crippen LogP contribution in [0.25, 0.3) is 10.2 Å². The molecule has 2 aromatic carbocycles. The summed E-state index contributed by atoms with van der Waals surface area (Å²) >= 11 is 1.32. The van der Waals surface area contributed by atoms with Gasteiger partial charge in [0.25, 0.3) is 11.6 Å². The largest absolute Gasteiger partial charge is 0.465 e. The first kappa shape index (κ1) is 17.5. The van der Waals surface area contributed by atoms with Crippen LogP contribution in [-0.2, 0) is 11.8 Å². The van der Waals surface area contributed by atoms with Crippen molar-refractivity contribution in [3.63, 3.8) is 0 Å². The van der Waals surface area contributed by atoms with Gasteiger partial charge in [0.05, 0.1) is 27.8 Å². The molecule has 0 saturated carbocycles. The van der Waals surface area contributed by atoms with E-state index < -0.39 is 16.8 Å². The topological polar surface area (TPSA) is 104 Å². The molecule has 0 fully saturated rings. The molecule has 0 aliphatic heterocycles. The third kappa shape index (κ3) is 3.24. The quantitative estimate of drug-likeness (QED) is 0.400. The van der Waals surface area contributed by atoms with Gasteiger partial charge in [-0.2, -0.15) is 4.99 Å². The van der Waals surface area contributed by atoms with Crippen LogP contribution in [0, 0.1) is 10.1 Å². The van der Waals surface area contributed by atoms with Gasteiger partial charge in [-0.05, 0) is 18.2 Å². The molecule has 0 unspecified atom stereocenters. The molecule has 0 aliphatic carbocycles. The van der Waals surface area contributed by atoms with E-state index in [9.17, 15) is 19.7 Å². The van der Waals surface area contributed by atoms with E-state index in [1.165, 1.54) is 17.4 Å². The molecule has 0 radical (unpaired) electrons. The molecular formula is C17H13N3O5S. The Balaban J connectivity index is 2.11. The van der Waals surface area contributed by atoms with E-state index in [1.54, 1.807) is 11.6 Å². The third-order valence-corrected chi connectivity index (χ3v) is 4.82. The number of amides is 1. The van der Waals surface area contributed by atoms with Crippen LogP contribution < -0.4 is 4.80 Å². The van der Waals surface area contributed by atoms with Crippen molar-refractivity contribution in [2.75, 3.05) is 7.11 Å². The number of carbonyl (C=O) groups is 2. The van der Waals surface area contributed by atoms with E-state index in [0.29, 0.717) is 4.80 Å². The van der Waals surface area contributed by atoms with Crippen molar-refractivity contribution >= 4 is 39.1 Å². The number of nitro groups is 1. The molecule has 0 spiro atoms. The average molecular weight is 371 g/mol. The van der Waals surface area contributed by atoms with Crippen LogP contribution in [0.15, 0.2) is 47.5 Å². The van der Waals surface area contributed by atoms with E-state index in [4.69, 9.17) is 0 Å². The number of thiazole rings is 1. The minimum absolute atomic E-state index is 0.0583. The molecular weight excluding hydrogens is 358 g/mol. The van der Waals surface area contributed by atoms with E-state index in [1.807, 2.05) is 24.3 Å². The zero-order chi connectivity index (χ0) is 18.8. The fraction of sp³-hybridized carbons (Fsp3) is 0.118. The zero-order valence-corrected chi connectivity index (χ0v) is 14.6. The highest BCUT2D eigenvalue weighted by Gasteiger charge is 2.18. The fourth-order valence-corrected chi connectivity index (χ4v) is 3.43. The molecule has 0 bridgehead atoms. The van der Waals surface area contributed by atoms with Gasteiger partial charge in [0, 0.05) is 24.7 Å². The van der Waals surface area contributed by atoms with Gasteiger partial charge in [-0.25, -0.2) is 4.79 Å². The Hall–Kier alpha value is -3.33. The zero-order valence-electron chi connectivity index (χ0n) is 13.8. The SMILES string of the molecule is COC(=O)c1cc(C(=O)N=c2sc3ccccc3n2C)cc([N+](=O)[O-])c1. The number of rotatable bonds is 3. The molecule has 0 aliphatic rings. The van der Waals surface area contributed by atoms with Gasteiger partial charge in [-0.1, -0.05) is 23.5 Å². The number of fused-ring (bicyclic) bond motifs is 1. The Morgan fingerprint density at radius 1 is 1.19 bits per heavy atom. The molecule has 132 valence electrons. The maximum absolute atomic E-state index is 12.5. The number of ether oxygens (including phenoxy) is 1. The second-order valence-electron chi connectivity index (χ2n) is 5.35. The molecule has 0 atom stereocenters. The molecule has 8 nitrogen and oxygen atoms in total. The molecule has 0 saturated heterocycles. The number of benzene rings is 2. The van der Waals surface area contributed by atoms with E-state index in [2.05, 4.69) is 9.73 Å². The van der Waals surface area contributed by atoms with Gasteiger partial charge in [-0.15, -0.1) is 0 Å². The standard InChI is InChI=1S/C17H13N3O5S/c1-19-13-5-3-4-6-14(13)26-17(19)18-15(21)10-7-11(16(22)25-2)9-12(8-10)20(23)24/h3-9H,1-2H3. The van der Waals surface area contributed by atoms with Crippen molar-refractivity contribution in [2.24, 2.45) is 12.0 Å². The first-order valence-corrected chi connectivity index (χ1v) is 8.24. The van der Waals surface area contributed by atoms with Crippen LogP contribution in [0.3, 0.4) is 0 Å². The monoisotopic (exact) mass is 371 g/mol. The Labute approximate surface area is 151 Å². The number of hydrogen-bond acceptors (Lipinski definition) is 6. The molecule has 3 rings (SSSR count). The number of carbonyl (C=O) groups excluding carboxylic acids is 2. The summed E-state index contributed by atoms with van der Waals surface area (Å²) in [7, 11) is 2.93. The van der Waals surface area contributed by atoms with Crippen LogP contribution in [0.4, 0.5) is 5.69 Å². The second kappa shape index (κ2) is 6.89. The van der Waals surface area contributed by atoms with Gasteiger partial charge in [0.1, 0.15) is 0 Å². The van der Waals surface area contributed by atoms with Crippen LogP contribution >= 0.6 is 11.3 Å². The molecule has 9 heteroatoms. The lowest BCUT2D eigenvalue weighted by molar-refractivity contribution is -0.384. The van der Waals surface area contributed by atoms with Crippen LogP contribution in [0.5, 0.6) is 0 Å². The molecule has 0 N–H and O–H groups in total. The Bertz CT molecular complexity index is 1110. The maximum atomic E-state index is 12.5. The van der Waals surface area contributed by atoms with Crippen molar-refractivity contribution in [2.45, 2.75) is 0 Å².